The van der Waals surface area contributed by atoms with Crippen LogP contribution >= 0.6 is 0 Å². The van der Waals surface area contributed by atoms with E-state index in [4.69, 9.17) is 9.84 Å². The highest BCUT2D eigenvalue weighted by Crippen LogP contribution is 2.19. The van der Waals surface area contributed by atoms with Gasteiger partial charge in [0.05, 0.1) is 6.61 Å². The van der Waals surface area contributed by atoms with Crippen molar-refractivity contribution in [3.63, 3.8) is 0 Å². The lowest BCUT2D eigenvalue weighted by molar-refractivity contribution is -0.143. The van der Waals surface area contributed by atoms with Gasteiger partial charge in [-0.1, -0.05) is 19.9 Å². The fourth-order valence-electron chi connectivity index (χ4n) is 2.03. The highest BCUT2D eigenvalue weighted by Gasteiger charge is 2.22. The fourth-order valence-corrected chi connectivity index (χ4v) is 2.03. The van der Waals surface area contributed by atoms with Crippen molar-refractivity contribution >= 4 is 17.6 Å². The predicted octanol–water partition coefficient (Wildman–Crippen LogP) is 2.14. The third-order valence-corrected chi connectivity index (χ3v) is 3.40. The van der Waals surface area contributed by atoms with Crippen LogP contribution in [0.3, 0.4) is 0 Å². The van der Waals surface area contributed by atoms with Gasteiger partial charge in [0.1, 0.15) is 11.8 Å². The first-order valence-electron chi connectivity index (χ1n) is 7.73. The molecule has 6 heteroatoms. The van der Waals surface area contributed by atoms with Crippen LogP contribution in [-0.4, -0.2) is 43.7 Å². The molecule has 1 atom stereocenters. The average molecular weight is 322 g/mol. The minimum atomic E-state index is -1.01. The zero-order valence-electron chi connectivity index (χ0n) is 14.2. The summed E-state index contributed by atoms with van der Waals surface area (Å²) in [7, 11) is 3.91. The molecule has 0 radical (unpaired) electrons. The Hall–Kier alpha value is -2.24. The van der Waals surface area contributed by atoms with Gasteiger partial charge in [-0.3, -0.25) is 4.79 Å². The molecule has 1 aromatic carbocycles. The number of carbonyl (C=O) groups excluding carboxylic acids is 1. The molecule has 0 fully saturated rings. The number of benzene rings is 1. The number of ether oxygens (including phenoxy) is 1. The molecule has 128 valence electrons. The van der Waals surface area contributed by atoms with E-state index < -0.39 is 12.0 Å². The molecular weight excluding hydrogens is 296 g/mol. The number of anilines is 1. The van der Waals surface area contributed by atoms with Gasteiger partial charge in [-0.25, -0.2) is 4.79 Å². The maximum absolute atomic E-state index is 11.8. The Balaban J connectivity index is 2.35. The largest absolute Gasteiger partial charge is 0.494 e. The van der Waals surface area contributed by atoms with Gasteiger partial charge in [0.15, 0.2) is 0 Å². The number of amides is 1. The number of aliphatic carboxylic acids is 1. The van der Waals surface area contributed by atoms with E-state index in [0.29, 0.717) is 13.0 Å². The van der Waals surface area contributed by atoms with Crippen LogP contribution in [-0.2, 0) is 9.59 Å². The second kappa shape index (κ2) is 9.02. The average Bonchev–Trinajstić information content (AvgIpc) is 2.48. The van der Waals surface area contributed by atoms with Crippen molar-refractivity contribution in [1.29, 1.82) is 0 Å². The third kappa shape index (κ3) is 6.59. The summed E-state index contributed by atoms with van der Waals surface area (Å²) in [4.78, 5) is 24.8. The lowest BCUT2D eigenvalue weighted by Crippen LogP contribution is -2.44. The van der Waals surface area contributed by atoms with Gasteiger partial charge >= 0.3 is 5.97 Å². The Labute approximate surface area is 137 Å². The summed E-state index contributed by atoms with van der Waals surface area (Å²) in [6.07, 6.45) is 0.770. The minimum Gasteiger partial charge on any atom is -0.494 e. The fraction of sp³-hybridized carbons (Fsp3) is 0.529. The lowest BCUT2D eigenvalue weighted by atomic mass is 10.0. The summed E-state index contributed by atoms with van der Waals surface area (Å²) in [6, 6.07) is 6.85. The first kappa shape index (κ1) is 18.8. The topological polar surface area (TPSA) is 78.9 Å². The predicted molar refractivity (Wildman–Crippen MR) is 89.9 cm³/mol. The van der Waals surface area contributed by atoms with E-state index in [-0.39, 0.29) is 18.2 Å². The second-order valence-corrected chi connectivity index (χ2v) is 5.97. The number of nitrogens with zero attached hydrogens (tertiary/aromatic N) is 1. The van der Waals surface area contributed by atoms with Gasteiger partial charge in [-0.2, -0.15) is 0 Å². The molecule has 0 saturated heterocycles. The Kier molecular flexibility index (Phi) is 7.38. The maximum atomic E-state index is 11.8. The normalized spacial score (nSPS) is 11.9. The van der Waals surface area contributed by atoms with Gasteiger partial charge < -0.3 is 20.1 Å². The van der Waals surface area contributed by atoms with Gasteiger partial charge in [0.2, 0.25) is 5.91 Å². The van der Waals surface area contributed by atoms with E-state index in [2.05, 4.69) is 5.32 Å². The smallest absolute Gasteiger partial charge is 0.326 e. The van der Waals surface area contributed by atoms with Crippen LogP contribution in [0.5, 0.6) is 5.75 Å². The molecule has 0 aliphatic rings. The molecule has 1 aromatic rings. The van der Waals surface area contributed by atoms with Gasteiger partial charge in [-0.05, 0) is 24.5 Å². The number of carboxylic acids is 1. The zero-order valence-corrected chi connectivity index (χ0v) is 14.2. The molecule has 0 heterocycles. The molecular formula is C17H26N2O4. The van der Waals surface area contributed by atoms with Gasteiger partial charge in [0, 0.05) is 32.3 Å². The Morgan fingerprint density at radius 1 is 1.30 bits per heavy atom. The van der Waals surface area contributed by atoms with E-state index in [0.717, 1.165) is 11.4 Å². The van der Waals surface area contributed by atoms with Crippen LogP contribution in [0.25, 0.3) is 0 Å². The third-order valence-electron chi connectivity index (χ3n) is 3.40. The standard InChI is InChI=1S/C17H26N2O4/c1-12(2)16(17(21)22)18-15(20)9-6-10-23-14-8-5-7-13(11-14)19(3)4/h5,7-8,11-12,16H,6,9-10H2,1-4H3,(H,18,20)(H,21,22). The van der Waals surface area contributed by atoms with Gasteiger partial charge in [0.25, 0.3) is 0 Å². The van der Waals surface area contributed by atoms with Crippen LogP contribution in [0.15, 0.2) is 24.3 Å². The molecule has 2 N–H and O–H groups in total. The molecule has 1 amide bonds. The summed E-state index contributed by atoms with van der Waals surface area (Å²) in [5.41, 5.74) is 1.04. The second-order valence-electron chi connectivity index (χ2n) is 5.97. The SMILES string of the molecule is CC(C)C(NC(=O)CCCOc1cccc(N(C)C)c1)C(=O)O. The molecule has 0 aliphatic carbocycles. The van der Waals surface area contributed by atoms with Crippen LogP contribution in [0.1, 0.15) is 26.7 Å². The first-order chi connectivity index (χ1) is 10.8. The number of hydrogen-bond acceptors (Lipinski definition) is 4. The molecule has 0 spiro atoms. The Morgan fingerprint density at radius 3 is 2.57 bits per heavy atom. The molecule has 0 aromatic heterocycles. The summed E-state index contributed by atoms with van der Waals surface area (Å²) >= 11 is 0. The van der Waals surface area contributed by atoms with E-state index in [9.17, 15) is 9.59 Å². The van der Waals surface area contributed by atoms with Crippen LogP contribution in [0.2, 0.25) is 0 Å². The van der Waals surface area contributed by atoms with Gasteiger partial charge in [-0.15, -0.1) is 0 Å². The van der Waals surface area contributed by atoms with E-state index in [1.54, 1.807) is 13.8 Å². The summed E-state index contributed by atoms with van der Waals surface area (Å²) in [5.74, 6) is -0.675. The molecule has 6 nitrogen and oxygen atoms in total. The number of carbonyl (C=O) groups is 2. The summed E-state index contributed by atoms with van der Waals surface area (Å²) in [5, 5.41) is 11.6. The van der Waals surface area contributed by atoms with Crippen molar-refractivity contribution in [2.75, 3.05) is 25.6 Å². The minimum absolute atomic E-state index is 0.151. The number of rotatable bonds is 9. The van der Waals surface area contributed by atoms with Crippen molar-refractivity contribution < 1.29 is 19.4 Å². The molecule has 0 saturated carbocycles. The highest BCUT2D eigenvalue weighted by molar-refractivity contribution is 5.83. The van der Waals surface area contributed by atoms with Crippen molar-refractivity contribution in [2.45, 2.75) is 32.7 Å². The van der Waals surface area contributed by atoms with Crippen molar-refractivity contribution in [3.8, 4) is 5.75 Å². The van der Waals surface area contributed by atoms with Crippen LogP contribution < -0.4 is 15.0 Å². The monoisotopic (exact) mass is 322 g/mol. The van der Waals surface area contributed by atoms with Crippen LogP contribution in [0.4, 0.5) is 5.69 Å². The van der Waals surface area contributed by atoms with E-state index >= 15 is 0 Å². The number of hydrogen-bond donors (Lipinski definition) is 2. The highest BCUT2D eigenvalue weighted by atomic mass is 16.5. The van der Waals surface area contributed by atoms with E-state index in [1.807, 2.05) is 43.3 Å². The molecule has 0 aliphatic heterocycles. The van der Waals surface area contributed by atoms with E-state index in [1.165, 1.54) is 0 Å². The van der Waals surface area contributed by atoms with Crippen molar-refractivity contribution in [3.05, 3.63) is 24.3 Å². The molecule has 1 rings (SSSR count). The van der Waals surface area contributed by atoms with Crippen molar-refractivity contribution in [1.82, 2.24) is 5.32 Å². The number of carboxylic acid groups (broad SMARTS) is 1. The molecule has 1 unspecified atom stereocenters. The lowest BCUT2D eigenvalue weighted by Gasteiger charge is -2.18. The first-order valence-corrected chi connectivity index (χ1v) is 7.73. The van der Waals surface area contributed by atoms with Crippen LogP contribution in [0, 0.1) is 5.92 Å². The molecule has 0 bridgehead atoms. The maximum Gasteiger partial charge on any atom is 0.326 e. The summed E-state index contributed by atoms with van der Waals surface area (Å²) < 4.78 is 5.62. The Morgan fingerprint density at radius 2 is 2.00 bits per heavy atom. The molecule has 23 heavy (non-hydrogen) atoms. The van der Waals surface area contributed by atoms with Crippen molar-refractivity contribution in [2.24, 2.45) is 5.92 Å². The summed E-state index contributed by atoms with van der Waals surface area (Å²) in [6.45, 7) is 3.93. The number of nitrogens with one attached hydrogen (secondary N) is 1. The Bertz CT molecular complexity index is 529. The zero-order chi connectivity index (χ0) is 17.4. The quantitative estimate of drug-likeness (QED) is 0.681.